The van der Waals surface area contributed by atoms with Crippen LogP contribution in [0.3, 0.4) is 0 Å². The van der Waals surface area contributed by atoms with Gasteiger partial charge in [0.1, 0.15) is 0 Å². The third-order valence-electron chi connectivity index (χ3n) is 1.64. The molecule has 0 saturated heterocycles. The average molecular weight is 306 g/mol. The molecule has 0 heterocycles. The van der Waals surface area contributed by atoms with E-state index in [0.29, 0.717) is 6.54 Å². The molecule has 0 radical (unpaired) electrons. The first-order valence-corrected chi connectivity index (χ1v) is 7.68. The second-order valence-corrected chi connectivity index (χ2v) is 7.68. The lowest BCUT2D eigenvalue weighted by molar-refractivity contribution is -0.146. The maximum atomic E-state index is 12.4. The van der Waals surface area contributed by atoms with Gasteiger partial charge in [-0.1, -0.05) is 30.1 Å². The summed E-state index contributed by atoms with van der Waals surface area (Å²) in [5.74, 6) is -0.978. The molecule has 0 aliphatic heterocycles. The number of ether oxygens (including phenoxy) is 1. The Morgan fingerprint density at radius 2 is 1.94 bits per heavy atom. The Hall–Kier alpha value is 0.200. The van der Waals surface area contributed by atoms with E-state index in [1.54, 1.807) is 27.7 Å². The number of carbonyl (C=O) groups is 1. The van der Waals surface area contributed by atoms with E-state index < -0.39 is 23.7 Å². The number of carbonyl (C=O) groups excluding carboxylic acids is 1. The van der Waals surface area contributed by atoms with Gasteiger partial charge in [0, 0.05) is 6.54 Å². The quantitative estimate of drug-likeness (QED) is 0.445. The summed E-state index contributed by atoms with van der Waals surface area (Å²) >= 11 is 11.7. The van der Waals surface area contributed by atoms with Crippen molar-refractivity contribution in [1.29, 1.82) is 0 Å². The minimum Gasteiger partial charge on any atom is -0.460 e. The molecule has 0 amide bonds. The fraction of sp³-hybridized carbons (Fsp3) is 0.889. The SMILES string of the molecule is CCNP(=O)(OCC)C(Cl)(Cl)C(=O)OC(C)C. The lowest BCUT2D eigenvalue weighted by atomic mass is 10.5. The Morgan fingerprint density at radius 3 is 2.29 bits per heavy atom. The predicted molar refractivity (Wildman–Crippen MR) is 68.6 cm³/mol. The molecule has 0 bridgehead atoms. The van der Waals surface area contributed by atoms with Crippen molar-refractivity contribution in [1.82, 2.24) is 5.09 Å². The molecule has 17 heavy (non-hydrogen) atoms. The maximum Gasteiger partial charge on any atom is 0.354 e. The highest BCUT2D eigenvalue weighted by atomic mass is 35.5. The van der Waals surface area contributed by atoms with Crippen LogP contribution >= 0.6 is 30.7 Å². The molecule has 1 unspecified atom stereocenters. The molecule has 0 spiro atoms. The van der Waals surface area contributed by atoms with Gasteiger partial charge in [-0.2, -0.15) is 0 Å². The van der Waals surface area contributed by atoms with Crippen LogP contribution < -0.4 is 5.09 Å². The van der Waals surface area contributed by atoms with Crippen LogP contribution in [-0.4, -0.2) is 29.3 Å². The fourth-order valence-corrected chi connectivity index (χ4v) is 3.29. The van der Waals surface area contributed by atoms with E-state index in [-0.39, 0.29) is 6.61 Å². The first kappa shape index (κ1) is 17.2. The maximum absolute atomic E-state index is 12.4. The van der Waals surface area contributed by atoms with Crippen LogP contribution in [0.2, 0.25) is 0 Å². The summed E-state index contributed by atoms with van der Waals surface area (Å²) in [7, 11) is -3.73. The second-order valence-electron chi connectivity index (χ2n) is 3.48. The van der Waals surface area contributed by atoms with E-state index in [1.807, 2.05) is 0 Å². The minimum absolute atomic E-state index is 0.112. The van der Waals surface area contributed by atoms with E-state index in [1.165, 1.54) is 0 Å². The van der Waals surface area contributed by atoms with Crippen LogP contribution in [-0.2, 0) is 18.6 Å². The van der Waals surface area contributed by atoms with E-state index in [9.17, 15) is 9.36 Å². The highest BCUT2D eigenvalue weighted by Gasteiger charge is 2.54. The van der Waals surface area contributed by atoms with Gasteiger partial charge in [-0.15, -0.1) is 0 Å². The number of rotatable bonds is 7. The van der Waals surface area contributed by atoms with Gasteiger partial charge in [0.15, 0.2) is 0 Å². The molecule has 5 nitrogen and oxygen atoms in total. The van der Waals surface area contributed by atoms with E-state index in [4.69, 9.17) is 32.5 Å². The largest absolute Gasteiger partial charge is 0.460 e. The minimum atomic E-state index is -3.73. The highest BCUT2D eigenvalue weighted by Crippen LogP contribution is 2.61. The molecule has 1 atom stereocenters. The summed E-state index contributed by atoms with van der Waals surface area (Å²) in [4.78, 5) is 11.7. The van der Waals surface area contributed by atoms with Gasteiger partial charge < -0.3 is 9.26 Å². The van der Waals surface area contributed by atoms with Crippen molar-refractivity contribution in [2.75, 3.05) is 13.2 Å². The molecule has 0 aliphatic rings. The van der Waals surface area contributed by atoms with Crippen LogP contribution in [0.15, 0.2) is 0 Å². The van der Waals surface area contributed by atoms with Gasteiger partial charge in [-0.3, -0.25) is 4.57 Å². The number of hydrogen-bond acceptors (Lipinski definition) is 4. The molecule has 0 aromatic heterocycles. The van der Waals surface area contributed by atoms with Crippen molar-refractivity contribution in [3.63, 3.8) is 0 Å². The van der Waals surface area contributed by atoms with Gasteiger partial charge in [0.2, 0.25) is 0 Å². The predicted octanol–water partition coefficient (Wildman–Crippen LogP) is 2.91. The summed E-state index contributed by atoms with van der Waals surface area (Å²) in [6.07, 6.45) is -0.406. The van der Waals surface area contributed by atoms with Crippen LogP contribution in [0, 0.1) is 0 Å². The first-order valence-electron chi connectivity index (χ1n) is 5.30. The Morgan fingerprint density at radius 1 is 1.41 bits per heavy atom. The molecule has 0 aliphatic carbocycles. The van der Waals surface area contributed by atoms with Crippen LogP contribution in [0.25, 0.3) is 0 Å². The van der Waals surface area contributed by atoms with Crippen LogP contribution in [0.1, 0.15) is 27.7 Å². The van der Waals surface area contributed by atoms with Crippen LogP contribution in [0.5, 0.6) is 0 Å². The molecule has 0 aromatic rings. The zero-order chi connectivity index (χ0) is 13.7. The monoisotopic (exact) mass is 305 g/mol. The molecule has 0 aromatic carbocycles. The van der Waals surface area contributed by atoms with Crippen molar-refractivity contribution in [2.45, 2.75) is 37.9 Å². The Kier molecular flexibility index (Phi) is 7.04. The zero-order valence-corrected chi connectivity index (χ0v) is 12.7. The standard InChI is InChI=1S/C9H18Cl2NO4P/c1-5-12-17(14,15-6-2)9(10,11)8(13)16-7(3)4/h7H,5-6H2,1-4H3,(H,12,14). The molecule has 102 valence electrons. The zero-order valence-electron chi connectivity index (χ0n) is 10.3. The van der Waals surface area contributed by atoms with Crippen molar-refractivity contribution >= 4 is 36.7 Å². The van der Waals surface area contributed by atoms with Crippen molar-refractivity contribution in [2.24, 2.45) is 0 Å². The molecule has 1 N–H and O–H groups in total. The number of alkyl halides is 2. The van der Waals surface area contributed by atoms with Gasteiger partial charge in [-0.05, 0) is 20.8 Å². The normalized spacial score (nSPS) is 15.7. The van der Waals surface area contributed by atoms with Gasteiger partial charge in [0.05, 0.1) is 12.7 Å². The first-order chi connectivity index (χ1) is 7.71. The number of halogens is 2. The molecule has 0 rings (SSSR count). The summed E-state index contributed by atoms with van der Waals surface area (Å²) in [5, 5.41) is 2.52. The number of esters is 1. The van der Waals surface area contributed by atoms with Gasteiger partial charge in [0.25, 0.3) is 0 Å². The van der Waals surface area contributed by atoms with E-state index >= 15 is 0 Å². The number of nitrogens with one attached hydrogen (secondary N) is 1. The third kappa shape index (κ3) is 4.42. The Bertz CT molecular complexity index is 299. The molecule has 0 fully saturated rings. The Balaban J connectivity index is 5.07. The molecule has 0 saturated carbocycles. The second kappa shape index (κ2) is 6.95. The van der Waals surface area contributed by atoms with E-state index in [0.717, 1.165) is 0 Å². The summed E-state index contributed by atoms with van der Waals surface area (Å²) < 4.78 is 20.0. The third-order valence-corrected chi connectivity index (χ3v) is 5.56. The van der Waals surface area contributed by atoms with Crippen molar-refractivity contribution in [3.05, 3.63) is 0 Å². The summed E-state index contributed by atoms with van der Waals surface area (Å²) in [6.45, 7) is 7.01. The lowest BCUT2D eigenvalue weighted by Crippen LogP contribution is -2.36. The Labute approximate surface area is 112 Å². The van der Waals surface area contributed by atoms with Crippen molar-refractivity contribution in [3.8, 4) is 0 Å². The van der Waals surface area contributed by atoms with E-state index in [2.05, 4.69) is 5.09 Å². The van der Waals surface area contributed by atoms with Crippen LogP contribution in [0.4, 0.5) is 0 Å². The summed E-state index contributed by atoms with van der Waals surface area (Å²) in [5.41, 5.74) is 0. The number of hydrogen-bond donors (Lipinski definition) is 1. The molecule has 8 heteroatoms. The summed E-state index contributed by atoms with van der Waals surface area (Å²) in [6, 6.07) is 0. The van der Waals surface area contributed by atoms with Gasteiger partial charge >= 0.3 is 17.6 Å². The lowest BCUT2D eigenvalue weighted by Gasteiger charge is -2.28. The highest BCUT2D eigenvalue weighted by molar-refractivity contribution is 7.64. The molecular weight excluding hydrogens is 288 g/mol. The average Bonchev–Trinajstić information content (AvgIpc) is 2.16. The molecular formula is C9H18Cl2NO4P. The van der Waals surface area contributed by atoms with Crippen molar-refractivity contribution < 1.29 is 18.6 Å². The smallest absolute Gasteiger partial charge is 0.354 e. The van der Waals surface area contributed by atoms with Gasteiger partial charge in [-0.25, -0.2) is 9.88 Å². The topological polar surface area (TPSA) is 64.6 Å². The fourth-order valence-electron chi connectivity index (χ4n) is 1.02.